The lowest BCUT2D eigenvalue weighted by Gasteiger charge is -2.19. The number of amides is 1. The highest BCUT2D eigenvalue weighted by molar-refractivity contribution is 5.93. The molecule has 32 heavy (non-hydrogen) atoms. The maximum atomic E-state index is 12.1. The van der Waals surface area contributed by atoms with E-state index in [1.54, 1.807) is 43.6 Å². The normalized spacial score (nSPS) is 13.4. The number of hydrogen-bond donors (Lipinski definition) is 1. The zero-order chi connectivity index (χ0) is 22.9. The number of rotatable bonds is 6. The van der Waals surface area contributed by atoms with Crippen molar-refractivity contribution in [1.29, 1.82) is 5.26 Å². The average Bonchev–Trinajstić information content (AvgIpc) is 3.51. The standard InChI is InChI=1S/C23H23N5O4/c1-23(2,3)32-21(29)13-31-19-12-25-16(11-24)9-18(19)15-6-7-28-17(8-15)10-20(27-28)26-22(30)14-4-5-14/h6-10,12,14H,4-5,13H2,1-3H3,(H,26,27,30). The van der Waals surface area contributed by atoms with Crippen LogP contribution >= 0.6 is 0 Å². The van der Waals surface area contributed by atoms with E-state index in [2.05, 4.69) is 15.4 Å². The zero-order valence-electron chi connectivity index (χ0n) is 18.1. The highest BCUT2D eigenvalue weighted by Crippen LogP contribution is 2.32. The van der Waals surface area contributed by atoms with Crippen molar-refractivity contribution in [2.24, 2.45) is 5.92 Å². The van der Waals surface area contributed by atoms with Crippen LogP contribution in [-0.2, 0) is 14.3 Å². The molecular weight excluding hydrogens is 410 g/mol. The third-order valence-corrected chi connectivity index (χ3v) is 4.72. The van der Waals surface area contributed by atoms with Gasteiger partial charge in [0.1, 0.15) is 23.1 Å². The van der Waals surface area contributed by atoms with Crippen molar-refractivity contribution in [2.45, 2.75) is 39.2 Å². The number of nitrogens with zero attached hydrogens (tertiary/aromatic N) is 4. The number of hydrogen-bond acceptors (Lipinski definition) is 7. The van der Waals surface area contributed by atoms with Crippen molar-refractivity contribution in [1.82, 2.24) is 14.6 Å². The molecular formula is C23H23N5O4. The molecule has 0 spiro atoms. The van der Waals surface area contributed by atoms with Crippen LogP contribution in [0.4, 0.5) is 5.82 Å². The minimum Gasteiger partial charge on any atom is -0.480 e. The lowest BCUT2D eigenvalue weighted by atomic mass is 10.1. The average molecular weight is 433 g/mol. The Morgan fingerprint density at radius 3 is 2.75 bits per heavy atom. The number of anilines is 1. The molecule has 1 saturated carbocycles. The maximum Gasteiger partial charge on any atom is 0.344 e. The van der Waals surface area contributed by atoms with Gasteiger partial charge < -0.3 is 14.8 Å². The van der Waals surface area contributed by atoms with Gasteiger partial charge in [-0.2, -0.15) is 10.4 Å². The summed E-state index contributed by atoms with van der Waals surface area (Å²) in [6.45, 7) is 5.05. The smallest absolute Gasteiger partial charge is 0.344 e. The minimum absolute atomic E-state index is 0.0146. The fourth-order valence-corrected chi connectivity index (χ4v) is 3.15. The SMILES string of the molecule is CC(C)(C)OC(=O)COc1cnc(C#N)cc1-c1ccn2nc(NC(=O)C3CC3)cc2c1. The predicted molar refractivity (Wildman–Crippen MR) is 116 cm³/mol. The van der Waals surface area contributed by atoms with E-state index in [9.17, 15) is 14.9 Å². The largest absolute Gasteiger partial charge is 0.480 e. The summed E-state index contributed by atoms with van der Waals surface area (Å²) in [5, 5.41) is 16.5. The minimum atomic E-state index is -0.619. The number of fused-ring (bicyclic) bond motifs is 1. The topological polar surface area (TPSA) is 119 Å². The molecule has 4 rings (SSSR count). The molecule has 0 aliphatic heterocycles. The van der Waals surface area contributed by atoms with Gasteiger partial charge in [0, 0.05) is 23.7 Å². The van der Waals surface area contributed by atoms with Gasteiger partial charge in [-0.3, -0.25) is 4.79 Å². The Balaban J connectivity index is 1.60. The van der Waals surface area contributed by atoms with Crippen molar-refractivity contribution >= 4 is 23.2 Å². The van der Waals surface area contributed by atoms with Gasteiger partial charge in [0.2, 0.25) is 5.91 Å². The van der Waals surface area contributed by atoms with E-state index in [0.717, 1.165) is 23.9 Å². The van der Waals surface area contributed by atoms with Crippen LogP contribution in [0.1, 0.15) is 39.3 Å². The number of ether oxygens (including phenoxy) is 2. The molecule has 0 aromatic carbocycles. The fraction of sp³-hybridized carbons (Fsp3) is 0.348. The van der Waals surface area contributed by atoms with E-state index in [1.165, 1.54) is 6.20 Å². The lowest BCUT2D eigenvalue weighted by molar-refractivity contribution is -0.157. The number of pyridine rings is 2. The van der Waals surface area contributed by atoms with Crippen LogP contribution in [0.25, 0.3) is 16.6 Å². The van der Waals surface area contributed by atoms with E-state index < -0.39 is 11.6 Å². The van der Waals surface area contributed by atoms with Crippen LogP contribution in [0.3, 0.4) is 0 Å². The van der Waals surface area contributed by atoms with E-state index >= 15 is 0 Å². The molecule has 3 aromatic rings. The van der Waals surface area contributed by atoms with Gasteiger partial charge in [0.15, 0.2) is 12.4 Å². The fourth-order valence-electron chi connectivity index (χ4n) is 3.15. The molecule has 1 aliphatic carbocycles. The van der Waals surface area contributed by atoms with Gasteiger partial charge in [-0.15, -0.1) is 0 Å². The van der Waals surface area contributed by atoms with Gasteiger partial charge in [0.25, 0.3) is 0 Å². The van der Waals surface area contributed by atoms with Crippen LogP contribution in [0.2, 0.25) is 0 Å². The highest BCUT2D eigenvalue weighted by atomic mass is 16.6. The van der Waals surface area contributed by atoms with Crippen molar-refractivity contribution in [3.05, 3.63) is 42.4 Å². The number of nitriles is 1. The Hall–Kier alpha value is -3.93. The second kappa shape index (κ2) is 8.30. The molecule has 9 nitrogen and oxygen atoms in total. The predicted octanol–water partition coefficient (Wildman–Crippen LogP) is 3.34. The van der Waals surface area contributed by atoms with Gasteiger partial charge in [-0.05, 0) is 57.4 Å². The molecule has 0 radical (unpaired) electrons. The van der Waals surface area contributed by atoms with Crippen molar-refractivity contribution < 1.29 is 19.1 Å². The van der Waals surface area contributed by atoms with Gasteiger partial charge >= 0.3 is 5.97 Å². The number of nitrogens with one attached hydrogen (secondary N) is 1. The summed E-state index contributed by atoms with van der Waals surface area (Å²) in [5.74, 6) is 0.393. The first kappa shape index (κ1) is 21.3. The van der Waals surface area contributed by atoms with E-state index in [4.69, 9.17) is 9.47 Å². The van der Waals surface area contributed by atoms with E-state index in [1.807, 2.05) is 18.2 Å². The number of aromatic nitrogens is 3. The van der Waals surface area contributed by atoms with Gasteiger partial charge in [-0.25, -0.2) is 14.3 Å². The summed E-state index contributed by atoms with van der Waals surface area (Å²) in [6.07, 6.45) is 5.00. The molecule has 0 bridgehead atoms. The molecule has 1 fully saturated rings. The third kappa shape index (κ3) is 5.03. The highest BCUT2D eigenvalue weighted by Gasteiger charge is 2.30. The Labute approximate surface area is 185 Å². The van der Waals surface area contributed by atoms with Gasteiger partial charge in [-0.1, -0.05) is 0 Å². The molecule has 164 valence electrons. The van der Waals surface area contributed by atoms with Crippen LogP contribution in [0.5, 0.6) is 5.75 Å². The third-order valence-electron chi connectivity index (χ3n) is 4.72. The summed E-state index contributed by atoms with van der Waals surface area (Å²) in [7, 11) is 0. The number of esters is 1. The first-order valence-electron chi connectivity index (χ1n) is 10.3. The number of carbonyl (C=O) groups excluding carboxylic acids is 2. The lowest BCUT2D eigenvalue weighted by Crippen LogP contribution is -2.27. The van der Waals surface area contributed by atoms with Crippen molar-refractivity contribution in [3.8, 4) is 22.9 Å². The molecule has 0 unspecified atom stereocenters. The molecule has 1 N–H and O–H groups in total. The first-order chi connectivity index (χ1) is 15.2. The summed E-state index contributed by atoms with van der Waals surface area (Å²) in [4.78, 5) is 28.1. The monoisotopic (exact) mass is 433 g/mol. The molecule has 0 saturated heterocycles. The Morgan fingerprint density at radius 2 is 2.06 bits per heavy atom. The van der Waals surface area contributed by atoms with Crippen LogP contribution in [-0.4, -0.2) is 38.7 Å². The van der Waals surface area contributed by atoms with Crippen molar-refractivity contribution in [3.63, 3.8) is 0 Å². The molecule has 3 aromatic heterocycles. The summed E-state index contributed by atoms with van der Waals surface area (Å²) < 4.78 is 12.6. The zero-order valence-corrected chi connectivity index (χ0v) is 18.1. The van der Waals surface area contributed by atoms with E-state index in [0.29, 0.717) is 17.1 Å². The van der Waals surface area contributed by atoms with Crippen LogP contribution in [0.15, 0.2) is 36.7 Å². The molecule has 0 atom stereocenters. The first-order valence-corrected chi connectivity index (χ1v) is 10.3. The maximum absolute atomic E-state index is 12.1. The summed E-state index contributed by atoms with van der Waals surface area (Å²) in [6, 6.07) is 9.06. The van der Waals surface area contributed by atoms with Crippen molar-refractivity contribution in [2.75, 3.05) is 11.9 Å². The van der Waals surface area contributed by atoms with Crippen LogP contribution in [0, 0.1) is 17.2 Å². The Morgan fingerprint density at radius 1 is 1.28 bits per heavy atom. The Bertz CT molecular complexity index is 1230. The van der Waals surface area contributed by atoms with E-state index in [-0.39, 0.29) is 24.1 Å². The molecule has 9 heteroatoms. The second-order valence-electron chi connectivity index (χ2n) is 8.63. The molecule has 1 aliphatic rings. The Kier molecular flexibility index (Phi) is 5.53. The quantitative estimate of drug-likeness (QED) is 0.592. The summed E-state index contributed by atoms with van der Waals surface area (Å²) >= 11 is 0. The number of carbonyl (C=O) groups is 2. The van der Waals surface area contributed by atoms with Crippen LogP contribution < -0.4 is 10.1 Å². The molecule has 3 heterocycles. The second-order valence-corrected chi connectivity index (χ2v) is 8.63. The molecule has 1 amide bonds. The van der Waals surface area contributed by atoms with Gasteiger partial charge in [0.05, 0.1) is 11.7 Å². The summed E-state index contributed by atoms with van der Waals surface area (Å²) in [5.41, 5.74) is 1.70.